The van der Waals surface area contributed by atoms with E-state index in [0.717, 1.165) is 38.2 Å². The van der Waals surface area contributed by atoms with Crippen LogP contribution < -0.4 is 4.90 Å². The summed E-state index contributed by atoms with van der Waals surface area (Å²) < 4.78 is 0. The van der Waals surface area contributed by atoms with Crippen molar-refractivity contribution < 1.29 is 14.7 Å². The number of aromatic nitrogens is 1. The molecule has 0 unspecified atom stereocenters. The van der Waals surface area contributed by atoms with Crippen LogP contribution in [0.15, 0.2) is 18.3 Å². The van der Waals surface area contributed by atoms with Crippen LogP contribution in [-0.2, 0) is 4.79 Å². The Kier molecular flexibility index (Phi) is 5.35. The van der Waals surface area contributed by atoms with Crippen LogP contribution in [0.3, 0.4) is 0 Å². The quantitative estimate of drug-likeness (QED) is 0.899. The van der Waals surface area contributed by atoms with Crippen LogP contribution in [-0.4, -0.2) is 54.1 Å². The van der Waals surface area contributed by atoms with Crippen molar-refractivity contribution in [2.75, 3.05) is 32.1 Å². The number of piperidine rings is 1. The van der Waals surface area contributed by atoms with Crippen LogP contribution in [0.2, 0.25) is 0 Å². The van der Waals surface area contributed by atoms with Gasteiger partial charge in [0, 0.05) is 39.8 Å². The number of carbonyl (C=O) groups excluding carboxylic acids is 1. The number of pyridine rings is 1. The average Bonchev–Trinajstić information content (AvgIpc) is 2.52. The van der Waals surface area contributed by atoms with Gasteiger partial charge in [0.15, 0.2) is 0 Å². The summed E-state index contributed by atoms with van der Waals surface area (Å²) in [6.07, 6.45) is 5.07. The highest BCUT2D eigenvalue weighted by molar-refractivity contribution is 5.87. The molecule has 1 aliphatic heterocycles. The molecule has 1 atom stereocenters. The fourth-order valence-corrected chi connectivity index (χ4v) is 2.76. The molecule has 6 heteroatoms. The highest BCUT2D eigenvalue weighted by atomic mass is 16.4. The molecule has 0 aromatic carbocycles. The number of hydrogen-bond donors (Lipinski definition) is 1. The van der Waals surface area contributed by atoms with Gasteiger partial charge in [-0.3, -0.25) is 4.79 Å². The second-order valence-electron chi connectivity index (χ2n) is 5.99. The minimum atomic E-state index is -0.960. The normalized spacial score (nSPS) is 18.1. The molecule has 22 heavy (non-hydrogen) atoms. The lowest BCUT2D eigenvalue weighted by Gasteiger charge is -2.33. The van der Waals surface area contributed by atoms with Crippen molar-refractivity contribution in [3.05, 3.63) is 23.9 Å². The van der Waals surface area contributed by atoms with E-state index in [1.165, 1.54) is 6.20 Å². The van der Waals surface area contributed by atoms with Crippen LogP contribution in [0.4, 0.5) is 5.82 Å². The first-order valence-corrected chi connectivity index (χ1v) is 7.62. The SMILES string of the molecule is CN(C)C(=O)CC[C@@H]1CCCN(c2ccc(C(=O)O)cn2)C1. The summed E-state index contributed by atoms with van der Waals surface area (Å²) in [5, 5.41) is 8.91. The van der Waals surface area contributed by atoms with Crippen molar-refractivity contribution in [2.45, 2.75) is 25.7 Å². The molecule has 1 aromatic heterocycles. The Labute approximate surface area is 130 Å². The topological polar surface area (TPSA) is 73.7 Å². The van der Waals surface area contributed by atoms with E-state index in [4.69, 9.17) is 5.11 Å². The van der Waals surface area contributed by atoms with E-state index in [0.29, 0.717) is 12.3 Å². The molecule has 1 aromatic rings. The van der Waals surface area contributed by atoms with Crippen molar-refractivity contribution in [1.82, 2.24) is 9.88 Å². The van der Waals surface area contributed by atoms with E-state index in [1.807, 2.05) is 0 Å². The van der Waals surface area contributed by atoms with E-state index in [-0.39, 0.29) is 11.5 Å². The van der Waals surface area contributed by atoms with Crippen LogP contribution in [0.5, 0.6) is 0 Å². The zero-order chi connectivity index (χ0) is 16.1. The second kappa shape index (κ2) is 7.24. The smallest absolute Gasteiger partial charge is 0.337 e. The third-order valence-corrected chi connectivity index (χ3v) is 4.10. The van der Waals surface area contributed by atoms with Crippen molar-refractivity contribution in [2.24, 2.45) is 5.92 Å². The van der Waals surface area contributed by atoms with Crippen molar-refractivity contribution in [1.29, 1.82) is 0 Å². The van der Waals surface area contributed by atoms with Crippen molar-refractivity contribution in [3.8, 4) is 0 Å². The maximum absolute atomic E-state index is 11.7. The third-order valence-electron chi connectivity index (χ3n) is 4.10. The molecular weight excluding hydrogens is 282 g/mol. The fourth-order valence-electron chi connectivity index (χ4n) is 2.76. The zero-order valence-corrected chi connectivity index (χ0v) is 13.2. The summed E-state index contributed by atoms with van der Waals surface area (Å²) in [6, 6.07) is 3.35. The van der Waals surface area contributed by atoms with Gasteiger partial charge < -0.3 is 14.9 Å². The number of amides is 1. The maximum Gasteiger partial charge on any atom is 0.337 e. The predicted molar refractivity (Wildman–Crippen MR) is 84.1 cm³/mol. The Morgan fingerprint density at radius 1 is 1.41 bits per heavy atom. The summed E-state index contributed by atoms with van der Waals surface area (Å²) in [7, 11) is 3.56. The van der Waals surface area contributed by atoms with Gasteiger partial charge in [0.1, 0.15) is 5.82 Å². The molecule has 1 N–H and O–H groups in total. The first-order chi connectivity index (χ1) is 10.5. The summed E-state index contributed by atoms with van der Waals surface area (Å²) in [5.41, 5.74) is 0.203. The first-order valence-electron chi connectivity index (χ1n) is 7.62. The lowest BCUT2D eigenvalue weighted by molar-refractivity contribution is -0.129. The first kappa shape index (κ1) is 16.3. The molecule has 0 spiro atoms. The molecule has 6 nitrogen and oxygen atoms in total. The number of rotatable bonds is 5. The number of carboxylic acids is 1. The summed E-state index contributed by atoms with van der Waals surface area (Å²) in [6.45, 7) is 1.80. The molecule has 0 saturated carbocycles. The number of aromatic carboxylic acids is 1. The number of nitrogens with zero attached hydrogens (tertiary/aromatic N) is 3. The monoisotopic (exact) mass is 305 g/mol. The Balaban J connectivity index is 1.92. The molecule has 1 fully saturated rings. The standard InChI is InChI=1S/C16H23N3O3/c1-18(2)15(20)8-5-12-4-3-9-19(11-12)14-7-6-13(10-17-14)16(21)22/h6-7,10,12H,3-5,8-9,11H2,1-2H3,(H,21,22)/t12-/m0/s1. The number of carboxylic acid groups (broad SMARTS) is 1. The van der Waals surface area contributed by atoms with E-state index in [1.54, 1.807) is 31.1 Å². The van der Waals surface area contributed by atoms with Gasteiger partial charge in [0.2, 0.25) is 5.91 Å². The number of anilines is 1. The maximum atomic E-state index is 11.7. The van der Waals surface area contributed by atoms with Gasteiger partial charge in [-0.05, 0) is 37.3 Å². The predicted octanol–water partition coefficient (Wildman–Crippen LogP) is 1.86. The Morgan fingerprint density at radius 3 is 2.77 bits per heavy atom. The molecule has 120 valence electrons. The zero-order valence-electron chi connectivity index (χ0n) is 13.2. The van der Waals surface area contributed by atoms with Crippen LogP contribution in [0, 0.1) is 5.92 Å². The molecule has 0 aliphatic carbocycles. The lowest BCUT2D eigenvalue weighted by atomic mass is 9.93. The van der Waals surface area contributed by atoms with Gasteiger partial charge in [-0.2, -0.15) is 0 Å². The Morgan fingerprint density at radius 2 is 2.18 bits per heavy atom. The lowest BCUT2D eigenvalue weighted by Crippen LogP contribution is -2.36. The molecule has 1 saturated heterocycles. The van der Waals surface area contributed by atoms with E-state index in [2.05, 4.69) is 9.88 Å². The Bertz CT molecular complexity index is 528. The Hall–Kier alpha value is -2.11. The van der Waals surface area contributed by atoms with Crippen molar-refractivity contribution in [3.63, 3.8) is 0 Å². The minimum absolute atomic E-state index is 0.168. The molecule has 1 aliphatic rings. The molecule has 2 heterocycles. The van der Waals surface area contributed by atoms with Crippen molar-refractivity contribution >= 4 is 17.7 Å². The van der Waals surface area contributed by atoms with Crippen LogP contribution in [0.25, 0.3) is 0 Å². The molecule has 0 radical (unpaired) electrons. The third kappa shape index (κ3) is 4.19. The van der Waals surface area contributed by atoms with E-state index >= 15 is 0 Å². The second-order valence-corrected chi connectivity index (χ2v) is 5.99. The van der Waals surface area contributed by atoms with Crippen LogP contribution in [0.1, 0.15) is 36.0 Å². The van der Waals surface area contributed by atoms with Gasteiger partial charge in [-0.1, -0.05) is 0 Å². The van der Waals surface area contributed by atoms with Gasteiger partial charge >= 0.3 is 5.97 Å². The molecule has 0 bridgehead atoms. The molecular formula is C16H23N3O3. The summed E-state index contributed by atoms with van der Waals surface area (Å²) >= 11 is 0. The summed E-state index contributed by atoms with van der Waals surface area (Å²) in [4.78, 5) is 30.6. The summed E-state index contributed by atoms with van der Waals surface area (Å²) in [5.74, 6) is 0.506. The molecule has 1 amide bonds. The number of carbonyl (C=O) groups is 2. The van der Waals surface area contributed by atoms with E-state index in [9.17, 15) is 9.59 Å². The highest BCUT2D eigenvalue weighted by Gasteiger charge is 2.22. The van der Waals surface area contributed by atoms with E-state index < -0.39 is 5.97 Å². The number of hydrogen-bond acceptors (Lipinski definition) is 4. The van der Waals surface area contributed by atoms with Gasteiger partial charge in [0.05, 0.1) is 5.56 Å². The van der Waals surface area contributed by atoms with Gasteiger partial charge in [-0.15, -0.1) is 0 Å². The van der Waals surface area contributed by atoms with Crippen LogP contribution >= 0.6 is 0 Å². The average molecular weight is 305 g/mol. The fraction of sp³-hybridized carbons (Fsp3) is 0.562. The minimum Gasteiger partial charge on any atom is -0.478 e. The molecule has 2 rings (SSSR count). The highest BCUT2D eigenvalue weighted by Crippen LogP contribution is 2.24. The van der Waals surface area contributed by atoms with Gasteiger partial charge in [0.25, 0.3) is 0 Å². The largest absolute Gasteiger partial charge is 0.478 e. The van der Waals surface area contributed by atoms with Gasteiger partial charge in [-0.25, -0.2) is 9.78 Å².